The van der Waals surface area contributed by atoms with Gasteiger partial charge in [0.1, 0.15) is 6.07 Å². The van der Waals surface area contributed by atoms with Crippen molar-refractivity contribution in [2.24, 2.45) is 0 Å². The molecule has 3 rings (SSSR count). The van der Waals surface area contributed by atoms with Crippen LogP contribution in [-0.2, 0) is 19.8 Å². The van der Waals surface area contributed by atoms with Crippen LogP contribution in [-0.4, -0.2) is 25.5 Å². The minimum absolute atomic E-state index is 0.0625. The van der Waals surface area contributed by atoms with E-state index in [2.05, 4.69) is 6.07 Å². The molecule has 0 radical (unpaired) electrons. The first kappa shape index (κ1) is 20.9. The molecule has 0 N–H and O–H groups in total. The van der Waals surface area contributed by atoms with Gasteiger partial charge in [-0.15, -0.1) is 0 Å². The standard InChI is InChI=1S/C22H21F2NO4/c23-18-10-9-17(14-19(18)24)22(15-25,29-20-8-4-5-12-27-20)11-13-28-21(26)16-6-2-1-3-7-16/h1-3,6-7,9-10,14,20H,4-5,8,11-13H2. The van der Waals surface area contributed by atoms with Gasteiger partial charge in [-0.3, -0.25) is 0 Å². The molecule has 0 bridgehead atoms. The van der Waals surface area contributed by atoms with E-state index >= 15 is 0 Å². The molecule has 0 aromatic heterocycles. The first-order valence-corrected chi connectivity index (χ1v) is 9.42. The Morgan fingerprint density at radius 1 is 1.17 bits per heavy atom. The number of carbonyl (C=O) groups is 1. The number of halogens is 2. The molecular formula is C22H21F2NO4. The Morgan fingerprint density at radius 2 is 1.97 bits per heavy atom. The van der Waals surface area contributed by atoms with Crippen molar-refractivity contribution in [1.29, 1.82) is 5.26 Å². The van der Waals surface area contributed by atoms with Gasteiger partial charge in [0.2, 0.25) is 0 Å². The lowest BCUT2D eigenvalue weighted by Crippen LogP contribution is -2.37. The third kappa shape index (κ3) is 5.17. The fourth-order valence-electron chi connectivity index (χ4n) is 3.14. The fourth-order valence-corrected chi connectivity index (χ4v) is 3.14. The van der Waals surface area contributed by atoms with Crippen LogP contribution in [0.1, 0.15) is 41.6 Å². The lowest BCUT2D eigenvalue weighted by Gasteiger charge is -2.33. The topological polar surface area (TPSA) is 68.5 Å². The van der Waals surface area contributed by atoms with Crippen molar-refractivity contribution < 1.29 is 27.8 Å². The Kier molecular flexibility index (Phi) is 6.91. The lowest BCUT2D eigenvalue weighted by molar-refractivity contribution is -0.215. The third-order valence-electron chi connectivity index (χ3n) is 4.73. The van der Waals surface area contributed by atoms with Crippen molar-refractivity contribution in [1.82, 2.24) is 0 Å². The summed E-state index contributed by atoms with van der Waals surface area (Å²) in [5.74, 6) is -2.65. The predicted molar refractivity (Wildman–Crippen MR) is 99.7 cm³/mol. The van der Waals surface area contributed by atoms with Gasteiger partial charge in [0, 0.05) is 18.6 Å². The maximum Gasteiger partial charge on any atom is 0.338 e. The van der Waals surface area contributed by atoms with E-state index in [-0.39, 0.29) is 18.6 Å². The Bertz CT molecular complexity index is 878. The van der Waals surface area contributed by atoms with Crippen LogP contribution in [0.4, 0.5) is 8.78 Å². The molecule has 0 amide bonds. The molecule has 1 aliphatic rings. The molecule has 1 saturated heterocycles. The van der Waals surface area contributed by atoms with Gasteiger partial charge in [-0.2, -0.15) is 5.26 Å². The largest absolute Gasteiger partial charge is 0.462 e. The predicted octanol–water partition coefficient (Wildman–Crippen LogP) is 4.47. The summed E-state index contributed by atoms with van der Waals surface area (Å²) >= 11 is 0. The van der Waals surface area contributed by atoms with Gasteiger partial charge < -0.3 is 14.2 Å². The Labute approximate surface area is 167 Å². The first-order valence-electron chi connectivity index (χ1n) is 9.42. The van der Waals surface area contributed by atoms with Crippen molar-refractivity contribution in [3.8, 4) is 6.07 Å². The van der Waals surface area contributed by atoms with Gasteiger partial charge in [0.25, 0.3) is 0 Å². The van der Waals surface area contributed by atoms with Gasteiger partial charge >= 0.3 is 5.97 Å². The molecule has 7 heteroatoms. The summed E-state index contributed by atoms with van der Waals surface area (Å²) in [4.78, 5) is 12.2. The highest BCUT2D eigenvalue weighted by Crippen LogP contribution is 2.34. The van der Waals surface area contributed by atoms with Crippen LogP contribution >= 0.6 is 0 Å². The normalized spacial score (nSPS) is 18.4. The molecule has 1 heterocycles. The summed E-state index contributed by atoms with van der Waals surface area (Å²) in [5.41, 5.74) is -1.13. The van der Waals surface area contributed by atoms with Crippen LogP contribution in [0.5, 0.6) is 0 Å². The van der Waals surface area contributed by atoms with E-state index in [1.54, 1.807) is 30.3 Å². The fraction of sp³-hybridized carbons (Fsp3) is 0.364. The Morgan fingerprint density at radius 3 is 2.62 bits per heavy atom. The summed E-state index contributed by atoms with van der Waals surface area (Å²) in [5, 5.41) is 9.92. The van der Waals surface area contributed by atoms with Crippen molar-refractivity contribution in [2.75, 3.05) is 13.2 Å². The first-order chi connectivity index (χ1) is 14.0. The monoisotopic (exact) mass is 401 g/mol. The quantitative estimate of drug-likeness (QED) is 0.640. The van der Waals surface area contributed by atoms with Gasteiger partial charge in [-0.25, -0.2) is 13.6 Å². The number of carbonyl (C=O) groups excluding carboxylic acids is 1. The van der Waals surface area contributed by atoms with Gasteiger partial charge in [-0.05, 0) is 43.5 Å². The third-order valence-corrected chi connectivity index (χ3v) is 4.73. The number of nitrogens with zero attached hydrogens (tertiary/aromatic N) is 1. The number of nitriles is 1. The molecular weight excluding hydrogens is 380 g/mol. The van der Waals surface area contributed by atoms with Crippen molar-refractivity contribution in [2.45, 2.75) is 37.6 Å². The zero-order chi connectivity index (χ0) is 20.7. The summed E-state index contributed by atoms with van der Waals surface area (Å²) in [6.07, 6.45) is 1.62. The van der Waals surface area contributed by atoms with E-state index in [0.29, 0.717) is 18.6 Å². The molecule has 2 unspecified atom stereocenters. The summed E-state index contributed by atoms with van der Waals surface area (Å²) in [6.45, 7) is 0.347. The Balaban J connectivity index is 1.78. The van der Waals surface area contributed by atoms with E-state index in [4.69, 9.17) is 14.2 Å². The molecule has 29 heavy (non-hydrogen) atoms. The second-order valence-electron chi connectivity index (χ2n) is 6.73. The van der Waals surface area contributed by atoms with Crippen LogP contribution in [0.3, 0.4) is 0 Å². The maximum absolute atomic E-state index is 13.8. The highest BCUT2D eigenvalue weighted by atomic mass is 19.2. The van der Waals surface area contributed by atoms with Crippen LogP contribution < -0.4 is 0 Å². The maximum atomic E-state index is 13.8. The van der Waals surface area contributed by atoms with E-state index in [1.165, 1.54) is 6.07 Å². The number of esters is 1. The van der Waals surface area contributed by atoms with Crippen LogP contribution in [0, 0.1) is 23.0 Å². The number of hydrogen-bond acceptors (Lipinski definition) is 5. The average molecular weight is 401 g/mol. The smallest absolute Gasteiger partial charge is 0.338 e. The Hall–Kier alpha value is -2.82. The highest BCUT2D eigenvalue weighted by Gasteiger charge is 2.38. The zero-order valence-corrected chi connectivity index (χ0v) is 15.8. The molecule has 2 atom stereocenters. The second-order valence-corrected chi connectivity index (χ2v) is 6.73. The van der Waals surface area contributed by atoms with Gasteiger partial charge in [0.05, 0.1) is 12.2 Å². The van der Waals surface area contributed by atoms with Crippen molar-refractivity contribution in [3.63, 3.8) is 0 Å². The summed E-state index contributed by atoms with van der Waals surface area (Å²) in [7, 11) is 0. The SMILES string of the molecule is N#CC(CCOC(=O)c1ccccc1)(OC1CCCCO1)c1ccc(F)c(F)c1. The minimum Gasteiger partial charge on any atom is -0.462 e. The van der Waals surface area contributed by atoms with Crippen molar-refractivity contribution >= 4 is 5.97 Å². The summed E-state index contributed by atoms with van der Waals surface area (Å²) in [6, 6.07) is 13.6. The number of hydrogen-bond donors (Lipinski definition) is 0. The van der Waals surface area contributed by atoms with E-state index in [1.807, 2.05) is 0 Å². The van der Waals surface area contributed by atoms with Gasteiger partial charge in [0.15, 0.2) is 23.5 Å². The zero-order valence-electron chi connectivity index (χ0n) is 15.8. The minimum atomic E-state index is -1.65. The second kappa shape index (κ2) is 9.59. The van der Waals surface area contributed by atoms with E-state index < -0.39 is 29.5 Å². The van der Waals surface area contributed by atoms with Gasteiger partial charge in [-0.1, -0.05) is 24.3 Å². The molecule has 5 nitrogen and oxygen atoms in total. The molecule has 1 aliphatic heterocycles. The molecule has 1 fully saturated rings. The van der Waals surface area contributed by atoms with Crippen molar-refractivity contribution in [3.05, 3.63) is 71.3 Å². The molecule has 2 aromatic rings. The molecule has 0 saturated carbocycles. The number of ether oxygens (including phenoxy) is 3. The van der Waals surface area contributed by atoms with Crippen LogP contribution in [0.2, 0.25) is 0 Å². The highest BCUT2D eigenvalue weighted by molar-refractivity contribution is 5.89. The number of rotatable bonds is 7. The van der Waals surface area contributed by atoms with E-state index in [0.717, 1.165) is 25.0 Å². The molecule has 0 aliphatic carbocycles. The van der Waals surface area contributed by atoms with Crippen LogP contribution in [0.25, 0.3) is 0 Å². The number of benzene rings is 2. The summed E-state index contributed by atoms with van der Waals surface area (Å²) < 4.78 is 44.0. The molecule has 0 spiro atoms. The van der Waals surface area contributed by atoms with E-state index in [9.17, 15) is 18.8 Å². The molecule has 152 valence electrons. The van der Waals surface area contributed by atoms with Crippen LogP contribution in [0.15, 0.2) is 48.5 Å². The molecule has 2 aromatic carbocycles. The lowest BCUT2D eigenvalue weighted by atomic mass is 9.91. The average Bonchev–Trinajstić information content (AvgIpc) is 2.76.